The molecule has 37 heavy (non-hydrogen) atoms. The molecule has 0 unspecified atom stereocenters. The molecule has 8 nitrogen and oxygen atoms in total. The summed E-state index contributed by atoms with van der Waals surface area (Å²) >= 11 is 8.03. The molecule has 10 heteroatoms. The minimum Gasteiger partial charge on any atom is -0.488 e. The normalized spacial score (nSPS) is 18.2. The Morgan fingerprint density at radius 2 is 2.08 bits per heavy atom. The topological polar surface area (TPSA) is 87.4 Å². The van der Waals surface area contributed by atoms with Gasteiger partial charge in [0.2, 0.25) is 0 Å². The maximum absolute atomic E-state index is 13.1. The number of hydrogen-bond donors (Lipinski definition) is 1. The van der Waals surface area contributed by atoms with E-state index in [1.165, 1.54) is 22.0 Å². The van der Waals surface area contributed by atoms with E-state index >= 15 is 0 Å². The van der Waals surface area contributed by atoms with Crippen LogP contribution in [0.4, 0.5) is 0 Å². The van der Waals surface area contributed by atoms with Gasteiger partial charge in [-0.05, 0) is 56.1 Å². The smallest absolute Gasteiger partial charge is 0.331 e. The lowest BCUT2D eigenvalue weighted by Gasteiger charge is -2.28. The number of thiophene rings is 1. The summed E-state index contributed by atoms with van der Waals surface area (Å²) in [6, 6.07) is 9.19. The first kappa shape index (κ1) is 24.4. The number of piperidine rings is 1. The molecule has 6 rings (SSSR count). The highest BCUT2D eigenvalue weighted by atomic mass is 35.5. The van der Waals surface area contributed by atoms with Gasteiger partial charge in [0, 0.05) is 46.0 Å². The zero-order valence-corrected chi connectivity index (χ0v) is 22.0. The molecule has 0 radical (unpaired) electrons. The Morgan fingerprint density at radius 3 is 2.84 bits per heavy atom. The van der Waals surface area contributed by atoms with E-state index < -0.39 is 0 Å². The first-order valence-electron chi connectivity index (χ1n) is 12.4. The summed E-state index contributed by atoms with van der Waals surface area (Å²) in [6.07, 6.45) is 5.50. The van der Waals surface area contributed by atoms with Crippen LogP contribution in [0, 0.1) is 6.92 Å². The van der Waals surface area contributed by atoms with Gasteiger partial charge in [-0.3, -0.25) is 18.9 Å². The highest BCUT2D eigenvalue weighted by molar-refractivity contribution is 7.19. The van der Waals surface area contributed by atoms with Crippen LogP contribution in [0.25, 0.3) is 21.3 Å². The van der Waals surface area contributed by atoms with E-state index in [1.54, 1.807) is 17.0 Å². The molecule has 0 bridgehead atoms. The number of halogens is 1. The van der Waals surface area contributed by atoms with Crippen LogP contribution < -0.4 is 21.3 Å². The third-order valence-electron chi connectivity index (χ3n) is 6.95. The summed E-state index contributed by atoms with van der Waals surface area (Å²) in [5.74, 6) is 0.824. The summed E-state index contributed by atoms with van der Waals surface area (Å²) in [4.78, 5) is 31.1. The number of hydrogen-bond acceptors (Lipinski definition) is 7. The Hall–Kier alpha value is -2.98. The van der Waals surface area contributed by atoms with Gasteiger partial charge in [0.25, 0.3) is 5.56 Å². The Balaban J connectivity index is 1.40. The van der Waals surface area contributed by atoms with Crippen molar-refractivity contribution in [1.29, 1.82) is 0 Å². The maximum Gasteiger partial charge on any atom is 0.331 e. The average Bonchev–Trinajstić information content (AvgIpc) is 3.27. The maximum atomic E-state index is 13.1. The molecule has 2 saturated heterocycles. The summed E-state index contributed by atoms with van der Waals surface area (Å²) < 4.78 is 15.6. The number of aromatic nitrogens is 3. The van der Waals surface area contributed by atoms with E-state index in [-0.39, 0.29) is 29.9 Å². The number of aryl methyl sites for hydroxylation is 1. The van der Waals surface area contributed by atoms with Crippen molar-refractivity contribution in [3.8, 4) is 16.9 Å². The summed E-state index contributed by atoms with van der Waals surface area (Å²) in [7, 11) is 0. The fourth-order valence-electron chi connectivity index (χ4n) is 4.95. The van der Waals surface area contributed by atoms with E-state index in [4.69, 9.17) is 21.1 Å². The molecule has 2 fully saturated rings. The highest BCUT2D eigenvalue weighted by Crippen LogP contribution is 2.42. The zero-order chi connectivity index (χ0) is 25.5. The van der Waals surface area contributed by atoms with Crippen molar-refractivity contribution in [2.75, 3.05) is 26.3 Å². The van der Waals surface area contributed by atoms with Gasteiger partial charge < -0.3 is 14.8 Å². The first-order chi connectivity index (χ1) is 18.0. The summed E-state index contributed by atoms with van der Waals surface area (Å²) in [5, 5.41) is 4.05. The molecule has 2 aliphatic rings. The second-order valence-electron chi connectivity index (χ2n) is 9.59. The van der Waals surface area contributed by atoms with Crippen molar-refractivity contribution in [2.24, 2.45) is 0 Å². The van der Waals surface area contributed by atoms with Crippen molar-refractivity contribution in [1.82, 2.24) is 19.4 Å². The second kappa shape index (κ2) is 10.1. The lowest BCUT2D eigenvalue weighted by atomic mass is 10.0. The van der Waals surface area contributed by atoms with Gasteiger partial charge in [0.15, 0.2) is 0 Å². The number of pyridine rings is 1. The van der Waals surface area contributed by atoms with Gasteiger partial charge in [0.1, 0.15) is 11.9 Å². The van der Waals surface area contributed by atoms with Gasteiger partial charge in [-0.25, -0.2) is 4.79 Å². The van der Waals surface area contributed by atoms with Gasteiger partial charge in [-0.15, -0.1) is 11.3 Å². The molecule has 192 valence electrons. The molecule has 1 atom stereocenters. The molecule has 0 saturated carbocycles. The number of benzene rings is 1. The van der Waals surface area contributed by atoms with Crippen LogP contribution in [-0.4, -0.2) is 46.5 Å². The van der Waals surface area contributed by atoms with Crippen molar-refractivity contribution in [3.63, 3.8) is 0 Å². The Bertz CT molecular complexity index is 1580. The van der Waals surface area contributed by atoms with E-state index in [1.807, 2.05) is 31.2 Å². The van der Waals surface area contributed by atoms with Crippen LogP contribution in [0.5, 0.6) is 5.75 Å². The van der Waals surface area contributed by atoms with Gasteiger partial charge in [-0.1, -0.05) is 11.6 Å². The van der Waals surface area contributed by atoms with Crippen LogP contribution in [-0.2, 0) is 11.3 Å². The van der Waals surface area contributed by atoms with Crippen molar-refractivity contribution in [3.05, 3.63) is 79.0 Å². The van der Waals surface area contributed by atoms with E-state index in [0.29, 0.717) is 18.2 Å². The first-order valence-corrected chi connectivity index (χ1v) is 13.6. The number of fused-ring (bicyclic) bond motifs is 1. The van der Waals surface area contributed by atoms with Crippen LogP contribution in [0.3, 0.4) is 0 Å². The Kier molecular flexibility index (Phi) is 6.62. The largest absolute Gasteiger partial charge is 0.488 e. The molecule has 1 N–H and O–H groups in total. The number of ether oxygens (including phenoxy) is 2. The lowest BCUT2D eigenvalue weighted by Crippen LogP contribution is -2.45. The predicted octanol–water partition coefficient (Wildman–Crippen LogP) is 4.00. The van der Waals surface area contributed by atoms with Crippen LogP contribution in [0.2, 0.25) is 5.02 Å². The van der Waals surface area contributed by atoms with Crippen LogP contribution in [0.15, 0.2) is 52.3 Å². The second-order valence-corrected chi connectivity index (χ2v) is 11.2. The summed E-state index contributed by atoms with van der Waals surface area (Å²) in [5.41, 5.74) is 3.02. The van der Waals surface area contributed by atoms with E-state index in [2.05, 4.69) is 10.3 Å². The van der Waals surface area contributed by atoms with Gasteiger partial charge in [-0.2, -0.15) is 0 Å². The minimum atomic E-state index is -0.325. The highest BCUT2D eigenvalue weighted by Gasteiger charge is 2.24. The molecular formula is C27H27ClN4O4S. The Labute approximate surface area is 222 Å². The molecule has 1 aromatic carbocycles. The molecule has 2 aliphatic heterocycles. The fourth-order valence-corrected chi connectivity index (χ4v) is 6.35. The molecule has 0 amide bonds. The molecule has 4 aromatic rings. The van der Waals surface area contributed by atoms with E-state index in [9.17, 15) is 9.59 Å². The standard InChI is InChI=1S/C27H27ClN4O4S/c1-16-9-17(28)10-22(25(16)36-19-3-2-6-29-12-19)21-4-7-30-23-11-20(37-26(21)23)13-32-24(33)5-8-31(27(32)34)18-14-35-15-18/h4-5,7-11,18-19,29H,2-3,6,12-15H2,1H3/t19-/m0/s1. The number of rotatable bonds is 6. The van der Waals surface area contributed by atoms with Gasteiger partial charge >= 0.3 is 5.69 Å². The van der Waals surface area contributed by atoms with Crippen LogP contribution >= 0.6 is 22.9 Å². The zero-order valence-electron chi connectivity index (χ0n) is 20.4. The minimum absolute atomic E-state index is 0.0288. The number of nitrogens with zero attached hydrogens (tertiary/aromatic N) is 3. The van der Waals surface area contributed by atoms with Crippen molar-refractivity contribution >= 4 is 33.2 Å². The molecular weight excluding hydrogens is 512 g/mol. The quantitative estimate of drug-likeness (QED) is 0.399. The van der Waals surface area contributed by atoms with Crippen LogP contribution in [0.1, 0.15) is 29.3 Å². The van der Waals surface area contributed by atoms with E-state index in [0.717, 1.165) is 63.5 Å². The third-order valence-corrected chi connectivity index (χ3v) is 8.31. The molecule has 0 aliphatic carbocycles. The SMILES string of the molecule is Cc1cc(Cl)cc(-c2ccnc3cc(Cn4c(=O)ccn(C5COC5)c4=O)sc23)c1O[C@H]1CCCNC1. The summed E-state index contributed by atoms with van der Waals surface area (Å²) in [6.45, 7) is 4.98. The Morgan fingerprint density at radius 1 is 1.22 bits per heavy atom. The molecule has 3 aromatic heterocycles. The predicted molar refractivity (Wildman–Crippen MR) is 145 cm³/mol. The number of nitrogens with one attached hydrogen (secondary N) is 1. The van der Waals surface area contributed by atoms with Gasteiger partial charge in [0.05, 0.1) is 36.0 Å². The lowest BCUT2D eigenvalue weighted by molar-refractivity contribution is -0.0259. The molecule has 0 spiro atoms. The molecule has 5 heterocycles. The monoisotopic (exact) mass is 538 g/mol. The average molecular weight is 539 g/mol. The third kappa shape index (κ3) is 4.72. The van der Waals surface area contributed by atoms with Crippen molar-refractivity contribution in [2.45, 2.75) is 38.5 Å². The van der Waals surface area contributed by atoms with Crippen molar-refractivity contribution < 1.29 is 9.47 Å². The fraction of sp³-hybridized carbons (Fsp3) is 0.370.